The molecule has 2 heterocycles. The van der Waals surface area contributed by atoms with Crippen molar-refractivity contribution < 1.29 is 9.21 Å². The summed E-state index contributed by atoms with van der Waals surface area (Å²) in [5.74, 6) is 0.00427. The lowest BCUT2D eigenvalue weighted by molar-refractivity contribution is 0.0919. The molecule has 4 heteroatoms. The van der Waals surface area contributed by atoms with Gasteiger partial charge >= 0.3 is 0 Å². The second-order valence-corrected chi connectivity index (χ2v) is 9.04. The smallest absolute Gasteiger partial charge is 0.268 e. The summed E-state index contributed by atoms with van der Waals surface area (Å²) in [5, 5.41) is 3.24. The molecule has 0 spiro atoms. The van der Waals surface area contributed by atoms with E-state index in [1.807, 2.05) is 12.1 Å². The fourth-order valence-electron chi connectivity index (χ4n) is 4.13. The largest absolute Gasteiger partial charge is 0.463 e. The van der Waals surface area contributed by atoms with E-state index < -0.39 is 0 Å². The minimum atomic E-state index is 0.00427. The van der Waals surface area contributed by atoms with Crippen LogP contribution in [0.2, 0.25) is 0 Å². The number of benzene rings is 1. The van der Waals surface area contributed by atoms with Gasteiger partial charge in [-0.25, -0.2) is 0 Å². The van der Waals surface area contributed by atoms with Crippen LogP contribution >= 0.6 is 0 Å². The van der Waals surface area contributed by atoms with E-state index in [4.69, 9.17) is 4.42 Å². The second kappa shape index (κ2) is 7.50. The predicted molar refractivity (Wildman–Crippen MR) is 113 cm³/mol. The van der Waals surface area contributed by atoms with Crippen LogP contribution in [-0.2, 0) is 12.0 Å². The average molecular weight is 379 g/mol. The molecule has 0 radical (unpaired) electrons. The maximum Gasteiger partial charge on any atom is 0.268 e. The highest BCUT2D eigenvalue weighted by molar-refractivity contribution is 5.97. The molecular formula is C24H30N2O2. The highest BCUT2D eigenvalue weighted by Crippen LogP contribution is 2.26. The molecule has 1 N–H and O–H groups in total. The second-order valence-electron chi connectivity index (χ2n) is 9.04. The van der Waals surface area contributed by atoms with Crippen molar-refractivity contribution in [2.24, 2.45) is 0 Å². The first-order chi connectivity index (χ1) is 13.4. The van der Waals surface area contributed by atoms with Crippen LogP contribution in [0.1, 0.15) is 74.5 Å². The van der Waals surface area contributed by atoms with Gasteiger partial charge in [0.25, 0.3) is 5.91 Å². The lowest BCUT2D eigenvalue weighted by atomic mass is 9.87. The van der Waals surface area contributed by atoms with Gasteiger partial charge in [-0.15, -0.1) is 0 Å². The third-order valence-electron chi connectivity index (χ3n) is 5.86. The van der Waals surface area contributed by atoms with E-state index in [2.05, 4.69) is 54.9 Å². The number of fused-ring (bicyclic) bond motifs is 1. The summed E-state index contributed by atoms with van der Waals surface area (Å²) in [4.78, 5) is 13.0. The van der Waals surface area contributed by atoms with Crippen LogP contribution in [0, 0.1) is 0 Å². The fraction of sp³-hybridized carbons (Fsp3) is 0.458. The minimum Gasteiger partial charge on any atom is -0.463 e. The van der Waals surface area contributed by atoms with Gasteiger partial charge in [-0.1, -0.05) is 64.3 Å². The number of hydrogen-bond acceptors (Lipinski definition) is 2. The lowest BCUT2D eigenvalue weighted by Crippen LogP contribution is -2.37. The van der Waals surface area contributed by atoms with Gasteiger partial charge in [0.15, 0.2) is 5.58 Å². The molecule has 0 bridgehead atoms. The molecule has 4 nitrogen and oxygen atoms in total. The molecule has 1 aliphatic carbocycles. The Morgan fingerprint density at radius 2 is 1.82 bits per heavy atom. The minimum absolute atomic E-state index is 0.00427. The topological polar surface area (TPSA) is 47.2 Å². The Bertz CT molecular complexity index is 951. The van der Waals surface area contributed by atoms with Crippen LogP contribution in [0.4, 0.5) is 0 Å². The molecule has 2 aromatic heterocycles. The van der Waals surface area contributed by atoms with E-state index in [1.165, 1.54) is 30.4 Å². The number of nitrogens with zero attached hydrogens (tertiary/aromatic N) is 1. The third-order valence-corrected chi connectivity index (χ3v) is 5.86. The number of carbonyl (C=O) groups is 1. The predicted octanol–water partition coefficient (Wildman–Crippen LogP) is 5.64. The van der Waals surface area contributed by atoms with E-state index in [0.717, 1.165) is 23.9 Å². The monoisotopic (exact) mass is 378 g/mol. The summed E-state index contributed by atoms with van der Waals surface area (Å²) >= 11 is 0. The normalized spacial score (nSPS) is 15.8. The SMILES string of the molecule is CC(C)(C)c1ccc(Cn2c(C(=O)NC3CCCCC3)cc3occc32)cc1. The highest BCUT2D eigenvalue weighted by Gasteiger charge is 2.22. The first-order valence-electron chi connectivity index (χ1n) is 10.4. The van der Waals surface area contributed by atoms with Gasteiger partial charge in [-0.2, -0.15) is 0 Å². The van der Waals surface area contributed by atoms with Crippen LogP contribution in [0.3, 0.4) is 0 Å². The zero-order valence-electron chi connectivity index (χ0n) is 17.1. The van der Waals surface area contributed by atoms with Crippen LogP contribution in [-0.4, -0.2) is 16.5 Å². The maximum atomic E-state index is 13.0. The summed E-state index contributed by atoms with van der Waals surface area (Å²) in [5.41, 5.74) is 5.04. The lowest BCUT2D eigenvalue weighted by Gasteiger charge is -2.23. The van der Waals surface area contributed by atoms with Crippen LogP contribution in [0.25, 0.3) is 11.1 Å². The van der Waals surface area contributed by atoms with Crippen molar-refractivity contribution in [2.75, 3.05) is 0 Å². The molecule has 1 fully saturated rings. The molecule has 148 valence electrons. The van der Waals surface area contributed by atoms with Gasteiger partial charge in [-0.3, -0.25) is 4.79 Å². The summed E-state index contributed by atoms with van der Waals surface area (Å²) < 4.78 is 7.65. The summed E-state index contributed by atoms with van der Waals surface area (Å²) in [7, 11) is 0. The van der Waals surface area contributed by atoms with Crippen molar-refractivity contribution in [3.05, 3.63) is 59.5 Å². The number of amides is 1. The Labute approximate surface area is 166 Å². The van der Waals surface area contributed by atoms with E-state index in [1.54, 1.807) is 6.26 Å². The maximum absolute atomic E-state index is 13.0. The molecule has 0 aliphatic heterocycles. The summed E-state index contributed by atoms with van der Waals surface area (Å²) in [6.07, 6.45) is 7.53. The van der Waals surface area contributed by atoms with E-state index in [0.29, 0.717) is 18.3 Å². The average Bonchev–Trinajstić information content (AvgIpc) is 3.25. The van der Waals surface area contributed by atoms with Gasteiger partial charge in [0, 0.05) is 24.7 Å². The summed E-state index contributed by atoms with van der Waals surface area (Å²) in [6.45, 7) is 7.31. The number of aromatic nitrogens is 1. The van der Waals surface area contributed by atoms with Crippen molar-refractivity contribution in [1.29, 1.82) is 0 Å². The number of hydrogen-bond donors (Lipinski definition) is 1. The van der Waals surface area contributed by atoms with Gasteiger partial charge < -0.3 is 14.3 Å². The Kier molecular flexibility index (Phi) is 5.05. The molecule has 0 saturated heterocycles. The molecule has 28 heavy (non-hydrogen) atoms. The van der Waals surface area contributed by atoms with Crippen LogP contribution in [0.15, 0.2) is 47.1 Å². The van der Waals surface area contributed by atoms with Crippen molar-refractivity contribution in [2.45, 2.75) is 70.9 Å². The van der Waals surface area contributed by atoms with E-state index >= 15 is 0 Å². The fourth-order valence-corrected chi connectivity index (χ4v) is 4.13. The van der Waals surface area contributed by atoms with Crippen LogP contribution in [0.5, 0.6) is 0 Å². The Morgan fingerprint density at radius 3 is 2.50 bits per heavy atom. The van der Waals surface area contributed by atoms with Gasteiger partial charge in [-0.05, 0) is 29.4 Å². The molecule has 1 aliphatic rings. The number of rotatable bonds is 4. The summed E-state index contributed by atoms with van der Waals surface area (Å²) in [6, 6.07) is 12.8. The molecule has 0 unspecified atom stereocenters. The molecule has 3 aromatic rings. The molecular weight excluding hydrogens is 348 g/mol. The van der Waals surface area contributed by atoms with Crippen molar-refractivity contribution in [3.8, 4) is 0 Å². The first-order valence-corrected chi connectivity index (χ1v) is 10.4. The van der Waals surface area contributed by atoms with E-state index in [-0.39, 0.29) is 11.3 Å². The molecule has 1 saturated carbocycles. The third kappa shape index (κ3) is 3.87. The Morgan fingerprint density at radius 1 is 1.11 bits per heavy atom. The zero-order valence-corrected chi connectivity index (χ0v) is 17.1. The molecule has 1 aromatic carbocycles. The zero-order chi connectivity index (χ0) is 19.7. The number of carbonyl (C=O) groups excluding carboxylic acids is 1. The number of nitrogens with one attached hydrogen (secondary N) is 1. The molecule has 0 atom stereocenters. The molecule has 1 amide bonds. The van der Waals surface area contributed by atoms with Crippen molar-refractivity contribution in [1.82, 2.24) is 9.88 Å². The highest BCUT2D eigenvalue weighted by atomic mass is 16.3. The quantitative estimate of drug-likeness (QED) is 0.638. The van der Waals surface area contributed by atoms with Crippen molar-refractivity contribution >= 4 is 17.0 Å². The van der Waals surface area contributed by atoms with Crippen molar-refractivity contribution in [3.63, 3.8) is 0 Å². The van der Waals surface area contributed by atoms with Crippen LogP contribution < -0.4 is 5.32 Å². The standard InChI is InChI=1S/C24H30N2O2/c1-24(2,3)18-11-9-17(10-12-18)16-26-20-13-14-28-22(20)15-21(26)23(27)25-19-7-5-4-6-8-19/h9-15,19H,4-8,16H2,1-3H3,(H,25,27). The molecule has 4 rings (SSSR count). The Hall–Kier alpha value is -2.49. The van der Waals surface area contributed by atoms with Gasteiger partial charge in [0.1, 0.15) is 5.69 Å². The first kappa shape index (κ1) is 18.9. The van der Waals surface area contributed by atoms with E-state index in [9.17, 15) is 4.79 Å². The Balaban J connectivity index is 1.60. The van der Waals surface area contributed by atoms with Gasteiger partial charge in [0.05, 0.1) is 11.8 Å². The van der Waals surface area contributed by atoms with Gasteiger partial charge in [0.2, 0.25) is 0 Å². The number of furan rings is 1.